The van der Waals surface area contributed by atoms with E-state index in [9.17, 15) is 19.7 Å². The average molecular weight is 509 g/mol. The van der Waals surface area contributed by atoms with Crippen LogP contribution in [0.1, 0.15) is 11.1 Å². The molecule has 0 unspecified atom stereocenters. The number of halogens is 1. The summed E-state index contributed by atoms with van der Waals surface area (Å²) >= 11 is 2.07. The van der Waals surface area contributed by atoms with Crippen LogP contribution in [-0.2, 0) is 11.4 Å². The second-order valence-electron chi connectivity index (χ2n) is 6.10. The topological polar surface area (TPSA) is 111 Å². The van der Waals surface area contributed by atoms with E-state index in [0.717, 1.165) is 4.90 Å². The van der Waals surface area contributed by atoms with Gasteiger partial charge in [0.25, 0.3) is 11.6 Å². The first-order chi connectivity index (χ1) is 13.8. The molecule has 2 aromatic carbocycles. The molecule has 1 N–H and O–H groups in total. The lowest BCUT2D eigenvalue weighted by atomic mass is 10.1. The third kappa shape index (κ3) is 4.47. The van der Waals surface area contributed by atoms with E-state index in [-0.39, 0.29) is 18.0 Å². The molecule has 10 heteroatoms. The molecule has 1 saturated heterocycles. The van der Waals surface area contributed by atoms with Crippen molar-refractivity contribution in [1.29, 1.82) is 0 Å². The lowest BCUT2D eigenvalue weighted by Gasteiger charge is -2.14. The fraction of sp³-hybridized carbons (Fsp3) is 0.158. The number of likely N-dealkylation sites (N-methyl/N-ethyl adjacent to an activating group) is 1. The molecule has 0 spiro atoms. The van der Waals surface area contributed by atoms with Crippen LogP contribution in [0.4, 0.5) is 10.5 Å². The predicted octanol–water partition coefficient (Wildman–Crippen LogP) is 3.31. The van der Waals surface area contributed by atoms with E-state index in [0.29, 0.717) is 26.2 Å². The first kappa shape index (κ1) is 20.6. The number of carbonyl (C=O) groups is 2. The Morgan fingerprint density at radius 3 is 2.66 bits per heavy atom. The van der Waals surface area contributed by atoms with Crippen molar-refractivity contribution in [3.63, 3.8) is 0 Å². The Hall–Kier alpha value is -3.15. The second kappa shape index (κ2) is 8.47. The Morgan fingerprint density at radius 2 is 2.03 bits per heavy atom. The van der Waals surface area contributed by atoms with Crippen molar-refractivity contribution < 1.29 is 24.0 Å². The summed E-state index contributed by atoms with van der Waals surface area (Å²) in [6, 6.07) is 9.15. The Labute approximate surface area is 179 Å². The number of amides is 3. The molecular formula is C19H16IN3O6. The monoisotopic (exact) mass is 509 g/mol. The summed E-state index contributed by atoms with van der Waals surface area (Å²) < 4.78 is 12.0. The molecule has 3 rings (SSSR count). The third-order valence-corrected chi connectivity index (χ3v) is 4.95. The minimum Gasteiger partial charge on any atom is -0.493 e. The van der Waals surface area contributed by atoms with Gasteiger partial charge in [0.05, 0.1) is 15.6 Å². The van der Waals surface area contributed by atoms with Crippen LogP contribution in [0, 0.1) is 13.7 Å². The van der Waals surface area contributed by atoms with E-state index < -0.39 is 16.9 Å². The van der Waals surface area contributed by atoms with Gasteiger partial charge in [-0.25, -0.2) is 4.79 Å². The molecule has 0 radical (unpaired) electrons. The highest BCUT2D eigenvalue weighted by Gasteiger charge is 2.30. The predicted molar refractivity (Wildman–Crippen MR) is 112 cm³/mol. The number of nitro benzene ring substituents is 1. The molecule has 2 aromatic rings. The minimum atomic E-state index is -0.486. The van der Waals surface area contributed by atoms with Crippen molar-refractivity contribution in [3.8, 4) is 11.5 Å². The van der Waals surface area contributed by atoms with Gasteiger partial charge in [-0.2, -0.15) is 0 Å². The van der Waals surface area contributed by atoms with Gasteiger partial charge in [0.15, 0.2) is 11.5 Å². The van der Waals surface area contributed by atoms with Crippen LogP contribution in [-0.4, -0.2) is 35.9 Å². The van der Waals surface area contributed by atoms with Crippen LogP contribution in [0.15, 0.2) is 42.1 Å². The second-order valence-corrected chi connectivity index (χ2v) is 7.26. The highest BCUT2D eigenvalue weighted by atomic mass is 127. The number of non-ortho nitro benzene ring substituents is 1. The van der Waals surface area contributed by atoms with Crippen LogP contribution < -0.4 is 14.8 Å². The quantitative estimate of drug-likeness (QED) is 0.210. The maximum absolute atomic E-state index is 12.0. The first-order valence-corrected chi connectivity index (χ1v) is 9.42. The molecule has 0 atom stereocenters. The van der Waals surface area contributed by atoms with Crippen molar-refractivity contribution in [1.82, 2.24) is 10.2 Å². The smallest absolute Gasteiger partial charge is 0.328 e. The van der Waals surface area contributed by atoms with Crippen molar-refractivity contribution >= 4 is 46.3 Å². The summed E-state index contributed by atoms with van der Waals surface area (Å²) in [6.45, 7) is 0.119. The fourth-order valence-corrected chi connectivity index (χ4v) is 3.45. The van der Waals surface area contributed by atoms with Crippen LogP contribution in [0.3, 0.4) is 0 Å². The van der Waals surface area contributed by atoms with Gasteiger partial charge in [-0.3, -0.25) is 19.8 Å². The number of rotatable bonds is 6. The van der Waals surface area contributed by atoms with Gasteiger partial charge in [-0.15, -0.1) is 0 Å². The molecule has 1 aliphatic heterocycles. The standard InChI is InChI=1S/C19H16IN3O6/c1-22-18(24)15(21-19(22)25)8-12-7-14(20)17(16(9-12)28-2)29-10-11-4-3-5-13(6-11)23(26)27/h3-9H,10H2,1-2H3,(H,21,25)/b15-8+. The third-order valence-electron chi connectivity index (χ3n) is 4.15. The van der Waals surface area contributed by atoms with E-state index in [4.69, 9.17) is 9.47 Å². The summed E-state index contributed by atoms with van der Waals surface area (Å²) in [5.74, 6) is 0.481. The number of urea groups is 1. The molecule has 1 fully saturated rings. The number of nitrogens with one attached hydrogen (secondary N) is 1. The van der Waals surface area contributed by atoms with Gasteiger partial charge in [-0.1, -0.05) is 12.1 Å². The fourth-order valence-electron chi connectivity index (χ4n) is 2.67. The number of hydrogen-bond acceptors (Lipinski definition) is 6. The number of ether oxygens (including phenoxy) is 2. The minimum absolute atomic E-state index is 0.0111. The number of carbonyl (C=O) groups excluding carboxylic acids is 2. The molecular weight excluding hydrogens is 493 g/mol. The zero-order valence-electron chi connectivity index (χ0n) is 15.5. The zero-order valence-corrected chi connectivity index (χ0v) is 17.6. The van der Waals surface area contributed by atoms with Crippen LogP contribution >= 0.6 is 22.6 Å². The number of imide groups is 1. The zero-order chi connectivity index (χ0) is 21.1. The Bertz CT molecular complexity index is 1040. The van der Waals surface area contributed by atoms with Gasteiger partial charge in [0.2, 0.25) is 0 Å². The molecule has 150 valence electrons. The van der Waals surface area contributed by atoms with Crippen LogP contribution in [0.2, 0.25) is 0 Å². The van der Waals surface area contributed by atoms with Crippen LogP contribution in [0.25, 0.3) is 6.08 Å². The van der Waals surface area contributed by atoms with Crippen molar-refractivity contribution in [2.24, 2.45) is 0 Å². The lowest BCUT2D eigenvalue weighted by molar-refractivity contribution is -0.384. The molecule has 1 aliphatic rings. The number of methoxy groups -OCH3 is 1. The summed E-state index contributed by atoms with van der Waals surface area (Å²) in [4.78, 5) is 35.0. The van der Waals surface area contributed by atoms with Gasteiger partial charge in [0.1, 0.15) is 12.3 Å². The maximum atomic E-state index is 12.0. The summed E-state index contributed by atoms with van der Waals surface area (Å²) in [5, 5.41) is 13.4. The van der Waals surface area contributed by atoms with E-state index in [1.807, 2.05) is 0 Å². The van der Waals surface area contributed by atoms with Gasteiger partial charge >= 0.3 is 6.03 Å². The number of hydrogen-bond donors (Lipinski definition) is 1. The van der Waals surface area contributed by atoms with Gasteiger partial charge in [0, 0.05) is 19.2 Å². The average Bonchev–Trinajstić information content (AvgIpc) is 2.93. The van der Waals surface area contributed by atoms with E-state index in [1.165, 1.54) is 26.3 Å². The Balaban J connectivity index is 1.84. The summed E-state index contributed by atoms with van der Waals surface area (Å²) in [7, 11) is 2.88. The van der Waals surface area contributed by atoms with Crippen LogP contribution in [0.5, 0.6) is 11.5 Å². The summed E-state index contributed by atoms with van der Waals surface area (Å²) in [6.07, 6.45) is 1.55. The molecule has 0 aromatic heterocycles. The lowest BCUT2D eigenvalue weighted by Crippen LogP contribution is -2.25. The summed E-state index contributed by atoms with van der Waals surface area (Å²) in [5.41, 5.74) is 1.45. The van der Waals surface area contributed by atoms with E-state index >= 15 is 0 Å². The van der Waals surface area contributed by atoms with Crippen molar-refractivity contribution in [2.75, 3.05) is 14.2 Å². The Kier molecular flexibility index (Phi) is 6.01. The Morgan fingerprint density at radius 1 is 1.28 bits per heavy atom. The SMILES string of the molecule is COc1cc(/C=C2/NC(=O)N(C)C2=O)cc(I)c1OCc1cccc([N+](=O)[O-])c1. The molecule has 0 saturated carbocycles. The van der Waals surface area contributed by atoms with Gasteiger partial charge in [-0.05, 0) is 51.9 Å². The van der Waals surface area contributed by atoms with Crippen molar-refractivity contribution in [2.45, 2.75) is 6.61 Å². The highest BCUT2D eigenvalue weighted by molar-refractivity contribution is 14.1. The van der Waals surface area contributed by atoms with E-state index in [2.05, 4.69) is 27.9 Å². The first-order valence-electron chi connectivity index (χ1n) is 8.34. The van der Waals surface area contributed by atoms with E-state index in [1.54, 1.807) is 30.3 Å². The number of benzene rings is 2. The van der Waals surface area contributed by atoms with Crippen molar-refractivity contribution in [3.05, 3.63) is 66.9 Å². The number of nitrogens with zero attached hydrogens (tertiary/aromatic N) is 2. The maximum Gasteiger partial charge on any atom is 0.328 e. The molecule has 0 aliphatic carbocycles. The normalized spacial score (nSPS) is 14.9. The molecule has 1 heterocycles. The largest absolute Gasteiger partial charge is 0.493 e. The molecule has 9 nitrogen and oxygen atoms in total. The molecule has 3 amide bonds. The van der Waals surface area contributed by atoms with Gasteiger partial charge < -0.3 is 14.8 Å². The molecule has 29 heavy (non-hydrogen) atoms. The molecule has 0 bridgehead atoms. The highest BCUT2D eigenvalue weighted by Crippen LogP contribution is 2.35. The number of nitro groups is 1.